The van der Waals surface area contributed by atoms with Gasteiger partial charge in [-0.15, -0.1) is 5.10 Å². The van der Waals surface area contributed by atoms with Crippen molar-refractivity contribution in [1.29, 1.82) is 0 Å². The molecule has 152 valence electrons. The smallest absolute Gasteiger partial charge is 0.255 e. The average Bonchev–Trinajstić information content (AvgIpc) is 3.44. The van der Waals surface area contributed by atoms with Crippen molar-refractivity contribution >= 4 is 23.4 Å². The van der Waals surface area contributed by atoms with E-state index in [1.54, 1.807) is 60.8 Å². The Morgan fingerprint density at radius 3 is 2.73 bits per heavy atom. The summed E-state index contributed by atoms with van der Waals surface area (Å²) in [6.07, 6.45) is 1.47. The molecule has 2 heterocycles. The lowest BCUT2D eigenvalue weighted by molar-refractivity contribution is 0.102. The van der Waals surface area contributed by atoms with Crippen LogP contribution in [0.15, 0.2) is 53.9 Å². The van der Waals surface area contributed by atoms with Gasteiger partial charge in [-0.2, -0.15) is 9.78 Å². The number of carbonyl (C=O) groups is 1. The fourth-order valence-corrected chi connectivity index (χ4v) is 3.49. The molecule has 0 fully saturated rings. The molecule has 30 heavy (non-hydrogen) atoms. The van der Waals surface area contributed by atoms with Crippen LogP contribution in [0, 0.1) is 6.92 Å². The Hall–Kier alpha value is -3.73. The number of tetrazole rings is 1. The molecule has 10 nitrogen and oxygen atoms in total. The number of rotatable bonds is 7. The Morgan fingerprint density at radius 1 is 1.23 bits per heavy atom. The van der Waals surface area contributed by atoms with E-state index in [1.165, 1.54) is 6.33 Å². The summed E-state index contributed by atoms with van der Waals surface area (Å²) >= 11 is 1.54. The molecule has 0 aliphatic heterocycles. The predicted octanol–water partition coefficient (Wildman–Crippen LogP) is 2.64. The Balaban J connectivity index is 1.46. The van der Waals surface area contributed by atoms with Gasteiger partial charge < -0.3 is 10.1 Å². The van der Waals surface area contributed by atoms with Crippen molar-refractivity contribution in [3.63, 3.8) is 0 Å². The largest absolute Gasteiger partial charge is 0.494 e. The highest BCUT2D eigenvalue weighted by Crippen LogP contribution is 2.27. The number of H-pyrrole nitrogens is 1. The van der Waals surface area contributed by atoms with Gasteiger partial charge in [0, 0.05) is 17.0 Å². The summed E-state index contributed by atoms with van der Waals surface area (Å²) in [5.74, 6) is 1.71. The van der Waals surface area contributed by atoms with Gasteiger partial charge in [0.15, 0.2) is 11.0 Å². The number of anilines is 1. The van der Waals surface area contributed by atoms with Gasteiger partial charge in [-0.1, -0.05) is 23.9 Å². The van der Waals surface area contributed by atoms with E-state index in [9.17, 15) is 4.79 Å². The molecule has 0 atom stereocenters. The van der Waals surface area contributed by atoms with Crippen molar-refractivity contribution in [2.45, 2.75) is 17.8 Å². The van der Waals surface area contributed by atoms with Gasteiger partial charge in [-0.05, 0) is 53.2 Å². The minimum absolute atomic E-state index is 0.214. The van der Waals surface area contributed by atoms with Crippen LogP contribution in [0.5, 0.6) is 5.75 Å². The lowest BCUT2D eigenvalue weighted by atomic mass is 10.1. The number of aryl methyl sites for hydroxylation is 1. The van der Waals surface area contributed by atoms with Gasteiger partial charge in [0.05, 0.1) is 7.11 Å². The fraction of sp³-hybridized carbons (Fsp3) is 0.158. The minimum Gasteiger partial charge on any atom is -0.494 e. The maximum atomic E-state index is 12.7. The highest BCUT2D eigenvalue weighted by molar-refractivity contribution is 7.98. The van der Waals surface area contributed by atoms with Crippen molar-refractivity contribution in [3.8, 4) is 11.4 Å². The molecule has 2 aromatic carbocycles. The summed E-state index contributed by atoms with van der Waals surface area (Å²) in [6.45, 7) is 1.78. The lowest BCUT2D eigenvalue weighted by Crippen LogP contribution is -2.12. The number of benzene rings is 2. The van der Waals surface area contributed by atoms with Crippen LogP contribution in [0.25, 0.3) is 5.69 Å². The van der Waals surface area contributed by atoms with Crippen molar-refractivity contribution in [3.05, 3.63) is 65.7 Å². The maximum absolute atomic E-state index is 12.7. The molecule has 0 saturated heterocycles. The minimum atomic E-state index is -0.214. The van der Waals surface area contributed by atoms with Gasteiger partial charge in [0.1, 0.15) is 17.8 Å². The van der Waals surface area contributed by atoms with E-state index in [0.29, 0.717) is 28.5 Å². The number of carbonyl (C=O) groups excluding carboxylic acids is 1. The van der Waals surface area contributed by atoms with Crippen LogP contribution in [0.2, 0.25) is 0 Å². The molecule has 0 unspecified atom stereocenters. The van der Waals surface area contributed by atoms with Crippen molar-refractivity contribution < 1.29 is 9.53 Å². The number of aromatic nitrogens is 7. The quantitative estimate of drug-likeness (QED) is 0.436. The van der Waals surface area contributed by atoms with Crippen LogP contribution in [0.1, 0.15) is 21.7 Å². The molecule has 11 heteroatoms. The number of amides is 1. The zero-order valence-electron chi connectivity index (χ0n) is 16.2. The first-order valence-electron chi connectivity index (χ1n) is 8.96. The lowest BCUT2D eigenvalue weighted by Gasteiger charge is -2.12. The standard InChI is InChI=1S/C19H18N8O2S/c1-12-23-25-26-27(12)16-9-15(7-8-17(16)29-2)22-18(28)14-5-3-13(4-6-14)10-30-19-20-11-21-24-19/h3-9,11H,10H2,1-2H3,(H,22,28)(H,20,21,24). The molecule has 0 saturated carbocycles. The zero-order chi connectivity index (χ0) is 20.9. The first kappa shape index (κ1) is 19.6. The number of hydrogen-bond donors (Lipinski definition) is 2. The molecule has 2 N–H and O–H groups in total. The Kier molecular flexibility index (Phi) is 5.70. The molecule has 4 rings (SSSR count). The number of thioether (sulfide) groups is 1. The number of nitrogens with one attached hydrogen (secondary N) is 2. The highest BCUT2D eigenvalue weighted by Gasteiger charge is 2.13. The number of aromatic amines is 1. The summed E-state index contributed by atoms with van der Waals surface area (Å²) in [5.41, 5.74) is 2.88. The van der Waals surface area contributed by atoms with Gasteiger partial charge in [0.2, 0.25) is 0 Å². The van der Waals surface area contributed by atoms with E-state index in [4.69, 9.17) is 4.74 Å². The summed E-state index contributed by atoms with van der Waals surface area (Å²) in [4.78, 5) is 16.7. The van der Waals surface area contributed by atoms with Crippen LogP contribution in [0.3, 0.4) is 0 Å². The molecule has 0 radical (unpaired) electrons. The van der Waals surface area contributed by atoms with E-state index in [2.05, 4.69) is 36.0 Å². The first-order chi connectivity index (χ1) is 14.6. The SMILES string of the molecule is COc1ccc(NC(=O)c2ccc(CSc3ncn[nH]3)cc2)cc1-n1nnnc1C. The molecular formula is C19H18N8O2S. The number of nitrogens with zero attached hydrogens (tertiary/aromatic N) is 6. The van der Waals surface area contributed by atoms with Gasteiger partial charge in [-0.25, -0.2) is 4.98 Å². The Labute approximate surface area is 176 Å². The maximum Gasteiger partial charge on any atom is 0.255 e. The summed E-state index contributed by atoms with van der Waals surface area (Å²) in [6, 6.07) is 12.7. The summed E-state index contributed by atoms with van der Waals surface area (Å²) < 4.78 is 6.94. The summed E-state index contributed by atoms with van der Waals surface area (Å²) in [5, 5.41) is 21.8. The first-order valence-corrected chi connectivity index (χ1v) is 9.94. The molecule has 0 aliphatic carbocycles. The van der Waals surface area contributed by atoms with E-state index >= 15 is 0 Å². The second-order valence-electron chi connectivity index (χ2n) is 6.25. The second kappa shape index (κ2) is 8.74. The van der Waals surface area contributed by atoms with E-state index in [1.807, 2.05) is 12.1 Å². The summed E-state index contributed by atoms with van der Waals surface area (Å²) in [7, 11) is 1.57. The Morgan fingerprint density at radius 2 is 2.07 bits per heavy atom. The molecule has 1 amide bonds. The van der Waals surface area contributed by atoms with E-state index in [-0.39, 0.29) is 5.91 Å². The molecule has 2 aromatic heterocycles. The monoisotopic (exact) mass is 422 g/mol. The number of ether oxygens (including phenoxy) is 1. The molecular weight excluding hydrogens is 404 g/mol. The van der Waals surface area contributed by atoms with Gasteiger partial charge in [-0.3, -0.25) is 9.89 Å². The van der Waals surface area contributed by atoms with Crippen molar-refractivity contribution in [2.24, 2.45) is 0 Å². The third-order valence-corrected chi connectivity index (χ3v) is 5.22. The Bertz CT molecular complexity index is 1140. The number of methoxy groups -OCH3 is 1. The highest BCUT2D eigenvalue weighted by atomic mass is 32.2. The normalized spacial score (nSPS) is 10.7. The second-order valence-corrected chi connectivity index (χ2v) is 7.22. The molecule has 0 spiro atoms. The number of hydrogen-bond acceptors (Lipinski definition) is 8. The molecule has 4 aromatic rings. The van der Waals surface area contributed by atoms with Crippen LogP contribution in [0.4, 0.5) is 5.69 Å². The topological polar surface area (TPSA) is 124 Å². The third kappa shape index (κ3) is 4.30. The predicted molar refractivity (Wildman–Crippen MR) is 111 cm³/mol. The van der Waals surface area contributed by atoms with Crippen molar-refractivity contribution in [1.82, 2.24) is 35.4 Å². The van der Waals surface area contributed by atoms with E-state index in [0.717, 1.165) is 16.5 Å². The zero-order valence-corrected chi connectivity index (χ0v) is 17.1. The average molecular weight is 422 g/mol. The van der Waals surface area contributed by atoms with E-state index < -0.39 is 0 Å². The van der Waals surface area contributed by atoms with Gasteiger partial charge >= 0.3 is 0 Å². The molecule has 0 aliphatic rings. The fourth-order valence-electron chi connectivity index (χ4n) is 2.76. The van der Waals surface area contributed by atoms with Crippen LogP contribution >= 0.6 is 11.8 Å². The third-order valence-electron chi connectivity index (χ3n) is 4.27. The van der Waals surface area contributed by atoms with Crippen LogP contribution < -0.4 is 10.1 Å². The van der Waals surface area contributed by atoms with Crippen molar-refractivity contribution in [2.75, 3.05) is 12.4 Å². The van der Waals surface area contributed by atoms with Crippen LogP contribution in [-0.4, -0.2) is 48.4 Å². The molecule has 0 bridgehead atoms. The van der Waals surface area contributed by atoms with Crippen LogP contribution in [-0.2, 0) is 5.75 Å². The van der Waals surface area contributed by atoms with Gasteiger partial charge in [0.25, 0.3) is 5.91 Å².